The highest BCUT2D eigenvalue weighted by molar-refractivity contribution is 6.31. The molecule has 0 aliphatic heterocycles. The first-order valence-electron chi connectivity index (χ1n) is 4.47. The summed E-state index contributed by atoms with van der Waals surface area (Å²) in [5, 5.41) is 12.0. The molecule has 1 aromatic heterocycles. The monoisotopic (exact) mass is 236 g/mol. The first kappa shape index (κ1) is 10.7. The molecule has 1 heterocycles. The van der Waals surface area contributed by atoms with Crippen molar-refractivity contribution in [2.45, 2.75) is 0 Å². The average molecular weight is 237 g/mol. The Labute approximate surface area is 96.4 Å². The van der Waals surface area contributed by atoms with Crippen molar-refractivity contribution < 1.29 is 14.6 Å². The van der Waals surface area contributed by atoms with E-state index >= 15 is 0 Å². The van der Waals surface area contributed by atoms with Crippen molar-refractivity contribution >= 4 is 28.5 Å². The standard InChI is InChI=1S/C11H8ClNO3/c1-16-10-7-3-2-6(12)4-9(7)13-5-8(10)11(14)15/h2-5H,1H3,(H,14,15)/p-1. The van der Waals surface area contributed by atoms with Crippen LogP contribution in [0.1, 0.15) is 10.4 Å². The van der Waals surface area contributed by atoms with E-state index in [2.05, 4.69) is 4.98 Å². The highest BCUT2D eigenvalue weighted by Crippen LogP contribution is 2.29. The fourth-order valence-electron chi connectivity index (χ4n) is 1.51. The lowest BCUT2D eigenvalue weighted by atomic mass is 10.1. The van der Waals surface area contributed by atoms with Crippen LogP contribution in [0.25, 0.3) is 10.9 Å². The number of hydrogen-bond acceptors (Lipinski definition) is 4. The topological polar surface area (TPSA) is 62.2 Å². The minimum absolute atomic E-state index is 0.0719. The molecule has 1 aromatic carbocycles. The molecule has 82 valence electrons. The predicted molar refractivity (Wildman–Crippen MR) is 57.6 cm³/mol. The SMILES string of the molecule is COc1c(C(=O)[O-])cnc2cc(Cl)ccc12. The van der Waals surface area contributed by atoms with E-state index in [4.69, 9.17) is 16.3 Å². The molecule has 0 aliphatic carbocycles. The van der Waals surface area contributed by atoms with E-state index < -0.39 is 5.97 Å². The molecule has 2 aromatic rings. The first-order chi connectivity index (χ1) is 7.63. The van der Waals surface area contributed by atoms with Gasteiger partial charge in [-0.2, -0.15) is 0 Å². The third-order valence-corrected chi connectivity index (χ3v) is 2.44. The van der Waals surface area contributed by atoms with Crippen LogP contribution < -0.4 is 9.84 Å². The lowest BCUT2D eigenvalue weighted by molar-refractivity contribution is -0.255. The van der Waals surface area contributed by atoms with Crippen molar-refractivity contribution in [2.75, 3.05) is 7.11 Å². The summed E-state index contributed by atoms with van der Waals surface area (Å²) in [5.41, 5.74) is 0.506. The maximum absolute atomic E-state index is 10.8. The number of aromatic carboxylic acids is 1. The molecule has 2 rings (SSSR count). The van der Waals surface area contributed by atoms with Crippen LogP contribution in [0.2, 0.25) is 5.02 Å². The van der Waals surface area contributed by atoms with Gasteiger partial charge in [-0.15, -0.1) is 0 Å². The maximum Gasteiger partial charge on any atom is 0.138 e. The predicted octanol–water partition coefficient (Wildman–Crippen LogP) is 1.26. The van der Waals surface area contributed by atoms with Gasteiger partial charge in [0.1, 0.15) is 5.75 Å². The molecule has 0 atom stereocenters. The van der Waals surface area contributed by atoms with Gasteiger partial charge in [-0.25, -0.2) is 0 Å². The summed E-state index contributed by atoms with van der Waals surface area (Å²) in [5.74, 6) is -1.08. The highest BCUT2D eigenvalue weighted by atomic mass is 35.5. The van der Waals surface area contributed by atoms with Crippen molar-refractivity contribution in [1.82, 2.24) is 4.98 Å². The summed E-state index contributed by atoms with van der Waals surface area (Å²) in [6, 6.07) is 4.95. The Kier molecular flexibility index (Phi) is 2.66. The van der Waals surface area contributed by atoms with Crippen LogP contribution in [0, 0.1) is 0 Å². The molecule has 0 radical (unpaired) electrons. The van der Waals surface area contributed by atoms with Crippen LogP contribution in [0.5, 0.6) is 5.75 Å². The summed E-state index contributed by atoms with van der Waals surface area (Å²) in [6.07, 6.45) is 1.20. The van der Waals surface area contributed by atoms with Gasteiger partial charge >= 0.3 is 0 Å². The number of carbonyl (C=O) groups excluding carboxylic acids is 1. The number of hydrogen-bond donors (Lipinski definition) is 0. The van der Waals surface area contributed by atoms with E-state index in [1.165, 1.54) is 13.3 Å². The third kappa shape index (κ3) is 1.67. The van der Waals surface area contributed by atoms with Gasteiger partial charge in [0.15, 0.2) is 0 Å². The van der Waals surface area contributed by atoms with Crippen LogP contribution >= 0.6 is 11.6 Å². The van der Waals surface area contributed by atoms with Gasteiger partial charge in [0, 0.05) is 16.6 Å². The van der Waals surface area contributed by atoms with Gasteiger partial charge in [0.05, 0.1) is 24.2 Å². The van der Waals surface area contributed by atoms with E-state index in [0.29, 0.717) is 15.9 Å². The van der Waals surface area contributed by atoms with Crippen molar-refractivity contribution in [3.8, 4) is 5.75 Å². The number of benzene rings is 1. The van der Waals surface area contributed by atoms with E-state index in [9.17, 15) is 9.90 Å². The molecular weight excluding hydrogens is 230 g/mol. The number of halogens is 1. The zero-order chi connectivity index (χ0) is 11.7. The lowest BCUT2D eigenvalue weighted by Crippen LogP contribution is -2.23. The van der Waals surface area contributed by atoms with Gasteiger partial charge in [-0.05, 0) is 18.2 Å². The molecule has 0 saturated carbocycles. The molecule has 0 aliphatic rings. The molecule has 16 heavy (non-hydrogen) atoms. The summed E-state index contributed by atoms with van der Waals surface area (Å²) in [6.45, 7) is 0. The van der Waals surface area contributed by atoms with Gasteiger partial charge < -0.3 is 14.6 Å². The Hall–Kier alpha value is -1.81. The number of ether oxygens (including phenoxy) is 1. The van der Waals surface area contributed by atoms with Gasteiger partial charge in [-0.1, -0.05) is 11.6 Å². The van der Waals surface area contributed by atoms with Crippen LogP contribution in [0.15, 0.2) is 24.4 Å². The lowest BCUT2D eigenvalue weighted by Gasteiger charge is -2.11. The molecule has 0 spiro atoms. The fourth-order valence-corrected chi connectivity index (χ4v) is 1.67. The first-order valence-corrected chi connectivity index (χ1v) is 4.85. The molecule has 4 nitrogen and oxygen atoms in total. The average Bonchev–Trinajstić information content (AvgIpc) is 2.26. The molecule has 0 amide bonds. The number of carboxylic acids is 1. The van der Waals surface area contributed by atoms with Crippen LogP contribution in [-0.4, -0.2) is 18.1 Å². The Morgan fingerprint density at radius 2 is 2.25 bits per heavy atom. The summed E-state index contributed by atoms with van der Waals surface area (Å²) < 4.78 is 5.06. The van der Waals surface area contributed by atoms with Crippen molar-refractivity contribution in [3.05, 3.63) is 35.0 Å². The van der Waals surface area contributed by atoms with Crippen molar-refractivity contribution in [3.63, 3.8) is 0 Å². The Morgan fingerprint density at radius 3 is 2.88 bits per heavy atom. The second-order valence-electron chi connectivity index (χ2n) is 3.15. The fraction of sp³-hybridized carbons (Fsp3) is 0.0909. The Balaban J connectivity index is 2.80. The van der Waals surface area contributed by atoms with Gasteiger partial charge in [0.2, 0.25) is 0 Å². The normalized spacial score (nSPS) is 10.4. The second kappa shape index (κ2) is 3.98. The molecule has 0 unspecified atom stereocenters. The molecule has 0 fully saturated rings. The van der Waals surface area contributed by atoms with E-state index in [-0.39, 0.29) is 11.3 Å². The zero-order valence-electron chi connectivity index (χ0n) is 8.36. The van der Waals surface area contributed by atoms with Crippen LogP contribution in [0.4, 0.5) is 0 Å². The quantitative estimate of drug-likeness (QED) is 0.788. The van der Waals surface area contributed by atoms with E-state index in [1.54, 1.807) is 18.2 Å². The minimum atomic E-state index is -1.32. The number of aromatic nitrogens is 1. The molecule has 0 N–H and O–H groups in total. The largest absolute Gasteiger partial charge is 0.545 e. The number of fused-ring (bicyclic) bond motifs is 1. The summed E-state index contributed by atoms with van der Waals surface area (Å²) in [7, 11) is 1.40. The number of rotatable bonds is 2. The smallest absolute Gasteiger partial charge is 0.138 e. The van der Waals surface area contributed by atoms with Gasteiger partial charge in [0.25, 0.3) is 0 Å². The molecule has 5 heteroatoms. The number of pyridine rings is 1. The minimum Gasteiger partial charge on any atom is -0.545 e. The number of carboxylic acid groups (broad SMARTS) is 1. The third-order valence-electron chi connectivity index (χ3n) is 2.21. The Bertz CT molecular complexity index is 568. The highest BCUT2D eigenvalue weighted by Gasteiger charge is 2.10. The van der Waals surface area contributed by atoms with E-state index in [0.717, 1.165) is 0 Å². The van der Waals surface area contributed by atoms with Crippen LogP contribution in [0.3, 0.4) is 0 Å². The zero-order valence-corrected chi connectivity index (χ0v) is 9.12. The molecule has 0 saturated heterocycles. The molecule has 0 bridgehead atoms. The summed E-state index contributed by atoms with van der Waals surface area (Å²) >= 11 is 5.81. The van der Waals surface area contributed by atoms with Crippen LogP contribution in [-0.2, 0) is 0 Å². The van der Waals surface area contributed by atoms with Crippen molar-refractivity contribution in [1.29, 1.82) is 0 Å². The van der Waals surface area contributed by atoms with Crippen molar-refractivity contribution in [2.24, 2.45) is 0 Å². The summed E-state index contributed by atoms with van der Waals surface area (Å²) in [4.78, 5) is 14.8. The Morgan fingerprint density at radius 1 is 1.50 bits per heavy atom. The molecular formula is C11H7ClNO3-. The second-order valence-corrected chi connectivity index (χ2v) is 3.59. The number of nitrogens with zero attached hydrogens (tertiary/aromatic N) is 1. The number of methoxy groups -OCH3 is 1. The maximum atomic E-state index is 10.8. The van der Waals surface area contributed by atoms with E-state index in [1.807, 2.05) is 0 Å². The number of carbonyl (C=O) groups is 1. The van der Waals surface area contributed by atoms with Gasteiger partial charge in [-0.3, -0.25) is 4.98 Å².